The van der Waals surface area contributed by atoms with Crippen molar-refractivity contribution < 1.29 is 9.53 Å². The third-order valence-electron chi connectivity index (χ3n) is 2.05. The minimum atomic E-state index is -0.487. The number of carbonyl (C=O) groups is 1. The van der Waals surface area contributed by atoms with E-state index in [9.17, 15) is 4.79 Å². The van der Waals surface area contributed by atoms with E-state index >= 15 is 0 Å². The van der Waals surface area contributed by atoms with Gasteiger partial charge in [-0.1, -0.05) is 0 Å². The lowest BCUT2D eigenvalue weighted by atomic mass is 10.1. The lowest BCUT2D eigenvalue weighted by molar-refractivity contribution is 0.0523. The number of ether oxygens (including phenoxy) is 1. The first-order valence-corrected chi connectivity index (χ1v) is 5.51. The molecule has 0 unspecified atom stereocenters. The SMILES string of the molecule is CC(C)(C)OC(=O)NCc1ccncc1CN. The number of hydrogen-bond donors (Lipinski definition) is 2. The van der Waals surface area contributed by atoms with Crippen LogP contribution in [-0.2, 0) is 17.8 Å². The van der Waals surface area contributed by atoms with Crippen LogP contribution >= 0.6 is 0 Å². The summed E-state index contributed by atoms with van der Waals surface area (Å²) in [4.78, 5) is 15.4. The summed E-state index contributed by atoms with van der Waals surface area (Å²) in [6.07, 6.45) is 2.94. The summed E-state index contributed by atoms with van der Waals surface area (Å²) >= 11 is 0. The number of nitrogens with two attached hydrogens (primary N) is 1. The van der Waals surface area contributed by atoms with Gasteiger partial charge in [0.25, 0.3) is 0 Å². The second-order valence-electron chi connectivity index (χ2n) is 4.70. The summed E-state index contributed by atoms with van der Waals surface area (Å²) in [5.74, 6) is 0. The number of carbonyl (C=O) groups excluding carboxylic acids is 1. The van der Waals surface area contributed by atoms with Gasteiger partial charge in [0.1, 0.15) is 5.60 Å². The Balaban J connectivity index is 2.53. The summed E-state index contributed by atoms with van der Waals surface area (Å²) in [5, 5.41) is 2.69. The van der Waals surface area contributed by atoms with E-state index < -0.39 is 11.7 Å². The van der Waals surface area contributed by atoms with Gasteiger partial charge in [0.15, 0.2) is 0 Å². The Morgan fingerprint density at radius 1 is 1.47 bits per heavy atom. The van der Waals surface area contributed by atoms with Gasteiger partial charge in [-0.3, -0.25) is 4.98 Å². The van der Waals surface area contributed by atoms with E-state index in [0.29, 0.717) is 13.1 Å². The van der Waals surface area contributed by atoms with Crippen LogP contribution in [0.3, 0.4) is 0 Å². The Labute approximate surface area is 101 Å². The smallest absolute Gasteiger partial charge is 0.407 e. The first kappa shape index (κ1) is 13.4. The average molecular weight is 237 g/mol. The second kappa shape index (κ2) is 5.63. The summed E-state index contributed by atoms with van der Waals surface area (Å²) in [6.45, 7) is 6.27. The fourth-order valence-electron chi connectivity index (χ4n) is 1.29. The van der Waals surface area contributed by atoms with E-state index in [1.807, 2.05) is 26.8 Å². The molecule has 1 heterocycles. The predicted molar refractivity (Wildman–Crippen MR) is 65.2 cm³/mol. The molecule has 0 atom stereocenters. The van der Waals surface area contributed by atoms with Crippen molar-refractivity contribution in [1.29, 1.82) is 0 Å². The van der Waals surface area contributed by atoms with Crippen molar-refractivity contribution in [3.05, 3.63) is 29.6 Å². The van der Waals surface area contributed by atoms with Crippen molar-refractivity contribution in [1.82, 2.24) is 10.3 Å². The normalized spacial score (nSPS) is 11.1. The van der Waals surface area contributed by atoms with Crippen molar-refractivity contribution in [3.8, 4) is 0 Å². The molecule has 0 spiro atoms. The van der Waals surface area contributed by atoms with Crippen LogP contribution < -0.4 is 11.1 Å². The number of pyridine rings is 1. The van der Waals surface area contributed by atoms with E-state index in [1.165, 1.54) is 0 Å². The highest BCUT2D eigenvalue weighted by molar-refractivity contribution is 5.67. The molecule has 1 aromatic rings. The molecule has 94 valence electrons. The highest BCUT2D eigenvalue weighted by Crippen LogP contribution is 2.08. The minimum Gasteiger partial charge on any atom is -0.444 e. The number of nitrogens with zero attached hydrogens (tertiary/aromatic N) is 1. The fourth-order valence-corrected chi connectivity index (χ4v) is 1.29. The maximum atomic E-state index is 11.5. The zero-order chi connectivity index (χ0) is 12.9. The number of aromatic nitrogens is 1. The maximum Gasteiger partial charge on any atom is 0.407 e. The van der Waals surface area contributed by atoms with Crippen LogP contribution in [0.5, 0.6) is 0 Å². The quantitative estimate of drug-likeness (QED) is 0.836. The van der Waals surface area contributed by atoms with Crippen molar-refractivity contribution in [2.24, 2.45) is 5.73 Å². The molecule has 1 amide bonds. The van der Waals surface area contributed by atoms with Crippen LogP contribution in [0.15, 0.2) is 18.5 Å². The lowest BCUT2D eigenvalue weighted by Crippen LogP contribution is -2.32. The molecule has 3 N–H and O–H groups in total. The van der Waals surface area contributed by atoms with Crippen LogP contribution in [0.25, 0.3) is 0 Å². The molecule has 0 fully saturated rings. The first-order chi connectivity index (χ1) is 7.92. The van der Waals surface area contributed by atoms with Crippen LogP contribution in [0.4, 0.5) is 4.79 Å². The Kier molecular flexibility index (Phi) is 4.45. The van der Waals surface area contributed by atoms with Gasteiger partial charge in [-0.25, -0.2) is 4.79 Å². The highest BCUT2D eigenvalue weighted by Gasteiger charge is 2.15. The van der Waals surface area contributed by atoms with Crippen molar-refractivity contribution >= 4 is 6.09 Å². The molecule has 1 aromatic heterocycles. The van der Waals surface area contributed by atoms with E-state index in [4.69, 9.17) is 10.5 Å². The second-order valence-corrected chi connectivity index (χ2v) is 4.70. The molecule has 5 nitrogen and oxygen atoms in total. The molecule has 0 saturated carbocycles. The molecular formula is C12H19N3O2. The van der Waals surface area contributed by atoms with Gasteiger partial charge in [-0.15, -0.1) is 0 Å². The van der Waals surface area contributed by atoms with E-state index in [1.54, 1.807) is 12.4 Å². The largest absolute Gasteiger partial charge is 0.444 e. The predicted octanol–water partition coefficient (Wildman–Crippen LogP) is 1.56. The van der Waals surface area contributed by atoms with Crippen molar-refractivity contribution in [2.45, 2.75) is 39.5 Å². The van der Waals surface area contributed by atoms with E-state index in [0.717, 1.165) is 11.1 Å². The number of amides is 1. The topological polar surface area (TPSA) is 77.2 Å². The summed E-state index contributed by atoms with van der Waals surface area (Å²) in [6, 6.07) is 1.83. The lowest BCUT2D eigenvalue weighted by Gasteiger charge is -2.20. The van der Waals surface area contributed by atoms with E-state index in [-0.39, 0.29) is 0 Å². The third-order valence-corrected chi connectivity index (χ3v) is 2.05. The summed E-state index contributed by atoms with van der Waals surface area (Å²) in [7, 11) is 0. The van der Waals surface area contributed by atoms with Gasteiger partial charge in [-0.05, 0) is 38.0 Å². The molecule has 0 aliphatic rings. The Morgan fingerprint density at radius 3 is 2.76 bits per heavy atom. The van der Waals surface area contributed by atoms with Crippen LogP contribution in [0.1, 0.15) is 31.9 Å². The molecule has 0 aliphatic carbocycles. The number of rotatable bonds is 3. The highest BCUT2D eigenvalue weighted by atomic mass is 16.6. The Hall–Kier alpha value is -1.62. The zero-order valence-corrected chi connectivity index (χ0v) is 10.5. The average Bonchev–Trinajstić information content (AvgIpc) is 2.24. The molecule has 0 aromatic carbocycles. The zero-order valence-electron chi connectivity index (χ0n) is 10.5. The van der Waals surface area contributed by atoms with Crippen molar-refractivity contribution in [3.63, 3.8) is 0 Å². The van der Waals surface area contributed by atoms with Gasteiger partial charge in [0.05, 0.1) is 0 Å². The van der Waals surface area contributed by atoms with Gasteiger partial charge < -0.3 is 15.8 Å². The molecule has 0 bridgehead atoms. The third kappa shape index (κ3) is 4.82. The molecule has 17 heavy (non-hydrogen) atoms. The van der Waals surface area contributed by atoms with Crippen LogP contribution in [0, 0.1) is 0 Å². The molecule has 0 radical (unpaired) electrons. The fraction of sp³-hybridized carbons (Fsp3) is 0.500. The Bertz CT molecular complexity index is 386. The number of nitrogens with one attached hydrogen (secondary N) is 1. The molecule has 0 aliphatic heterocycles. The molecule has 5 heteroatoms. The van der Waals surface area contributed by atoms with Crippen molar-refractivity contribution in [2.75, 3.05) is 0 Å². The Morgan fingerprint density at radius 2 is 2.18 bits per heavy atom. The number of hydrogen-bond acceptors (Lipinski definition) is 4. The van der Waals surface area contributed by atoms with Crippen LogP contribution in [-0.4, -0.2) is 16.7 Å². The summed E-state index contributed by atoms with van der Waals surface area (Å²) in [5.41, 5.74) is 6.96. The van der Waals surface area contributed by atoms with Gasteiger partial charge >= 0.3 is 6.09 Å². The van der Waals surface area contributed by atoms with Gasteiger partial charge in [0, 0.05) is 25.5 Å². The molecule has 0 saturated heterocycles. The van der Waals surface area contributed by atoms with Crippen LogP contribution in [0.2, 0.25) is 0 Å². The molecular weight excluding hydrogens is 218 g/mol. The maximum absolute atomic E-state index is 11.5. The molecule has 1 rings (SSSR count). The summed E-state index contributed by atoms with van der Waals surface area (Å²) < 4.78 is 5.14. The van der Waals surface area contributed by atoms with Gasteiger partial charge in [-0.2, -0.15) is 0 Å². The standard InChI is InChI=1S/C12H19N3O2/c1-12(2,3)17-11(16)15-8-9-4-5-14-7-10(9)6-13/h4-5,7H,6,8,13H2,1-3H3,(H,15,16). The first-order valence-electron chi connectivity index (χ1n) is 5.51. The minimum absolute atomic E-state index is 0.393. The van der Waals surface area contributed by atoms with Gasteiger partial charge in [0.2, 0.25) is 0 Å². The monoisotopic (exact) mass is 237 g/mol. The number of alkyl carbamates (subject to hydrolysis) is 1. The van der Waals surface area contributed by atoms with E-state index in [2.05, 4.69) is 10.3 Å².